The maximum Gasteiger partial charge on any atom is 0.412 e. The zero-order chi connectivity index (χ0) is 14.9. The fourth-order valence-corrected chi connectivity index (χ4v) is 2.18. The van der Waals surface area contributed by atoms with Gasteiger partial charge in [-0.25, -0.2) is 0 Å². The van der Waals surface area contributed by atoms with Crippen molar-refractivity contribution in [1.82, 2.24) is 0 Å². The van der Waals surface area contributed by atoms with Crippen molar-refractivity contribution >= 4 is 11.5 Å². The van der Waals surface area contributed by atoms with Gasteiger partial charge in [0.25, 0.3) is 0 Å². The summed E-state index contributed by atoms with van der Waals surface area (Å²) < 4.78 is 37.5. The number of phenols is 1. The molecule has 1 N–H and O–H groups in total. The van der Waals surface area contributed by atoms with Gasteiger partial charge in [0.15, 0.2) is 5.78 Å². The molecule has 6 heteroatoms. The Bertz CT molecular complexity index is 564. The summed E-state index contributed by atoms with van der Waals surface area (Å²) >= 11 is 0. The van der Waals surface area contributed by atoms with E-state index in [1.54, 1.807) is 11.0 Å². The number of carbonyl (C=O) groups is 1. The molecule has 108 valence electrons. The van der Waals surface area contributed by atoms with Gasteiger partial charge in [0, 0.05) is 30.4 Å². The van der Waals surface area contributed by atoms with Crippen molar-refractivity contribution in [3.05, 3.63) is 35.4 Å². The SMILES string of the molecule is CC(=O)c1ccc(N2CC=C(C(F)(F)F)CC2)cc1O. The number of benzene rings is 1. The second kappa shape index (κ2) is 5.19. The van der Waals surface area contributed by atoms with Crippen LogP contribution in [-0.2, 0) is 0 Å². The third kappa shape index (κ3) is 2.95. The van der Waals surface area contributed by atoms with Gasteiger partial charge in [0.05, 0.1) is 5.56 Å². The van der Waals surface area contributed by atoms with E-state index < -0.39 is 11.7 Å². The van der Waals surface area contributed by atoms with Crippen LogP contribution < -0.4 is 4.90 Å². The van der Waals surface area contributed by atoms with Crippen molar-refractivity contribution in [1.29, 1.82) is 0 Å². The van der Waals surface area contributed by atoms with Crippen molar-refractivity contribution in [2.75, 3.05) is 18.0 Å². The molecule has 0 aliphatic carbocycles. The van der Waals surface area contributed by atoms with E-state index in [4.69, 9.17) is 0 Å². The van der Waals surface area contributed by atoms with E-state index in [2.05, 4.69) is 0 Å². The average molecular weight is 285 g/mol. The highest BCUT2D eigenvalue weighted by molar-refractivity contribution is 5.97. The first-order valence-electron chi connectivity index (χ1n) is 6.14. The summed E-state index contributed by atoms with van der Waals surface area (Å²) in [5.41, 5.74) is 0.292. The molecule has 0 amide bonds. The molecule has 1 aliphatic rings. The Kier molecular flexibility index (Phi) is 3.74. The topological polar surface area (TPSA) is 40.5 Å². The molecule has 0 unspecified atom stereocenters. The number of Topliss-reactive ketones (excluding diaryl/α,β-unsaturated/α-hetero) is 1. The Morgan fingerprint density at radius 2 is 2.05 bits per heavy atom. The number of carbonyl (C=O) groups excluding carboxylic acids is 1. The fourth-order valence-electron chi connectivity index (χ4n) is 2.18. The zero-order valence-electron chi connectivity index (χ0n) is 10.9. The Morgan fingerprint density at radius 3 is 2.50 bits per heavy atom. The lowest BCUT2D eigenvalue weighted by Gasteiger charge is -2.29. The molecule has 0 fully saturated rings. The second-order valence-corrected chi connectivity index (χ2v) is 4.68. The van der Waals surface area contributed by atoms with Crippen LogP contribution in [0.15, 0.2) is 29.8 Å². The van der Waals surface area contributed by atoms with Gasteiger partial charge in [0.1, 0.15) is 5.75 Å². The van der Waals surface area contributed by atoms with Gasteiger partial charge in [-0.1, -0.05) is 6.08 Å². The third-order valence-corrected chi connectivity index (χ3v) is 3.30. The first-order valence-corrected chi connectivity index (χ1v) is 6.14. The molecule has 1 aromatic carbocycles. The number of nitrogens with zero attached hydrogens (tertiary/aromatic N) is 1. The lowest BCUT2D eigenvalue weighted by molar-refractivity contribution is -0.0944. The van der Waals surface area contributed by atoms with Crippen molar-refractivity contribution in [3.8, 4) is 5.75 Å². The van der Waals surface area contributed by atoms with Crippen LogP contribution in [0.1, 0.15) is 23.7 Å². The summed E-state index contributed by atoms with van der Waals surface area (Å²) in [5.74, 6) is -0.410. The molecule has 0 aromatic heterocycles. The number of rotatable bonds is 2. The number of anilines is 1. The molecule has 2 rings (SSSR count). The zero-order valence-corrected chi connectivity index (χ0v) is 10.9. The quantitative estimate of drug-likeness (QED) is 0.669. The molecule has 1 aromatic rings. The van der Waals surface area contributed by atoms with E-state index in [0.717, 1.165) is 6.08 Å². The van der Waals surface area contributed by atoms with Crippen LogP contribution in [0.3, 0.4) is 0 Å². The lowest BCUT2D eigenvalue weighted by Crippen LogP contribution is -2.31. The Morgan fingerprint density at radius 1 is 1.35 bits per heavy atom. The molecule has 0 atom stereocenters. The molecule has 0 saturated heterocycles. The van der Waals surface area contributed by atoms with E-state index in [1.807, 2.05) is 0 Å². The van der Waals surface area contributed by atoms with Gasteiger partial charge in [-0.05, 0) is 25.5 Å². The van der Waals surface area contributed by atoms with Crippen molar-refractivity contribution in [2.24, 2.45) is 0 Å². The molecule has 20 heavy (non-hydrogen) atoms. The highest BCUT2D eigenvalue weighted by Crippen LogP contribution is 2.32. The summed E-state index contributed by atoms with van der Waals surface area (Å²) in [5, 5.41) is 9.73. The largest absolute Gasteiger partial charge is 0.507 e. The van der Waals surface area contributed by atoms with Gasteiger partial charge < -0.3 is 10.0 Å². The molecule has 0 spiro atoms. The first kappa shape index (κ1) is 14.4. The minimum absolute atomic E-state index is 0.0846. The van der Waals surface area contributed by atoms with Crippen LogP contribution in [0.25, 0.3) is 0 Å². The number of hydrogen-bond donors (Lipinski definition) is 1. The first-order chi connectivity index (χ1) is 9.29. The summed E-state index contributed by atoms with van der Waals surface area (Å²) in [4.78, 5) is 12.9. The van der Waals surface area contributed by atoms with Crippen LogP contribution >= 0.6 is 0 Å². The molecule has 0 saturated carbocycles. The minimum atomic E-state index is -4.27. The van der Waals surface area contributed by atoms with Gasteiger partial charge in [-0.2, -0.15) is 13.2 Å². The number of alkyl halides is 3. The monoisotopic (exact) mass is 285 g/mol. The van der Waals surface area contributed by atoms with E-state index in [1.165, 1.54) is 19.1 Å². The van der Waals surface area contributed by atoms with E-state index >= 15 is 0 Å². The third-order valence-electron chi connectivity index (χ3n) is 3.30. The molecular weight excluding hydrogens is 271 g/mol. The van der Waals surface area contributed by atoms with E-state index in [0.29, 0.717) is 5.69 Å². The predicted molar refractivity (Wildman–Crippen MR) is 69.1 cm³/mol. The van der Waals surface area contributed by atoms with Crippen molar-refractivity contribution < 1.29 is 23.1 Å². The standard InChI is InChI=1S/C14H14F3NO2/c1-9(19)12-3-2-11(8-13(12)20)18-6-4-10(5-7-18)14(15,16)17/h2-4,8,20H,5-7H2,1H3. The van der Waals surface area contributed by atoms with Crippen LogP contribution in [0.2, 0.25) is 0 Å². The van der Waals surface area contributed by atoms with E-state index in [9.17, 15) is 23.1 Å². The van der Waals surface area contributed by atoms with E-state index in [-0.39, 0.29) is 36.6 Å². The van der Waals surface area contributed by atoms with Crippen LogP contribution in [0.4, 0.5) is 18.9 Å². The molecular formula is C14H14F3NO2. The number of ketones is 1. The van der Waals surface area contributed by atoms with Crippen LogP contribution in [0, 0.1) is 0 Å². The molecule has 1 heterocycles. The second-order valence-electron chi connectivity index (χ2n) is 4.68. The molecule has 0 radical (unpaired) electrons. The van der Waals surface area contributed by atoms with Crippen molar-refractivity contribution in [2.45, 2.75) is 19.5 Å². The average Bonchev–Trinajstić information content (AvgIpc) is 2.37. The highest BCUT2D eigenvalue weighted by atomic mass is 19.4. The van der Waals surface area contributed by atoms with Gasteiger partial charge in [-0.15, -0.1) is 0 Å². The molecule has 0 bridgehead atoms. The minimum Gasteiger partial charge on any atom is -0.507 e. The number of aromatic hydroxyl groups is 1. The summed E-state index contributed by atoms with van der Waals surface area (Å²) in [6.45, 7) is 1.70. The van der Waals surface area contributed by atoms with Crippen molar-refractivity contribution in [3.63, 3.8) is 0 Å². The summed E-state index contributed by atoms with van der Waals surface area (Å²) in [7, 11) is 0. The normalized spacial score (nSPS) is 16.0. The lowest BCUT2D eigenvalue weighted by atomic mass is 10.1. The number of phenolic OH excluding ortho intramolecular Hbond substituents is 1. The molecule has 1 aliphatic heterocycles. The Labute approximate surface area is 114 Å². The summed E-state index contributed by atoms with van der Waals surface area (Å²) in [6, 6.07) is 4.52. The smallest absolute Gasteiger partial charge is 0.412 e. The maximum atomic E-state index is 12.5. The molecule has 3 nitrogen and oxygen atoms in total. The van der Waals surface area contributed by atoms with Gasteiger partial charge >= 0.3 is 6.18 Å². The maximum absolute atomic E-state index is 12.5. The Balaban J connectivity index is 2.17. The van der Waals surface area contributed by atoms with Crippen LogP contribution in [-0.4, -0.2) is 30.2 Å². The predicted octanol–water partition coefficient (Wildman–Crippen LogP) is 3.29. The number of halogens is 3. The van der Waals surface area contributed by atoms with Crippen LogP contribution in [0.5, 0.6) is 5.75 Å². The fraction of sp³-hybridized carbons (Fsp3) is 0.357. The van der Waals surface area contributed by atoms with Gasteiger partial charge in [0.2, 0.25) is 0 Å². The van der Waals surface area contributed by atoms with Gasteiger partial charge in [-0.3, -0.25) is 4.79 Å². The highest BCUT2D eigenvalue weighted by Gasteiger charge is 2.34. The number of hydrogen-bond acceptors (Lipinski definition) is 3. The summed E-state index contributed by atoms with van der Waals surface area (Å²) in [6.07, 6.45) is -3.20. The Hall–Kier alpha value is -1.98.